The van der Waals surface area contributed by atoms with Crippen molar-refractivity contribution in [2.24, 2.45) is 0 Å². The molecule has 0 unspecified atom stereocenters. The Balaban J connectivity index is 2.13. The molecule has 108 valence electrons. The summed E-state index contributed by atoms with van der Waals surface area (Å²) >= 11 is 0. The van der Waals surface area contributed by atoms with Crippen LogP contribution < -0.4 is 14.8 Å². The fourth-order valence-corrected chi connectivity index (χ4v) is 1.68. The van der Waals surface area contributed by atoms with E-state index in [4.69, 9.17) is 14.2 Å². The number of nitrogens with zero attached hydrogens (tertiary/aromatic N) is 1. The lowest BCUT2D eigenvalue weighted by Crippen LogP contribution is -2.19. The lowest BCUT2D eigenvalue weighted by Gasteiger charge is -2.07. The molecule has 0 saturated carbocycles. The summed E-state index contributed by atoms with van der Waals surface area (Å²) < 4.78 is 15.3. The highest BCUT2D eigenvalue weighted by Gasteiger charge is 2.24. The molecule has 20 heavy (non-hydrogen) atoms. The van der Waals surface area contributed by atoms with E-state index in [1.165, 1.54) is 12.1 Å². The van der Waals surface area contributed by atoms with Gasteiger partial charge in [0.05, 0.1) is 11.0 Å². The fourth-order valence-electron chi connectivity index (χ4n) is 1.68. The maximum atomic E-state index is 11.6. The summed E-state index contributed by atoms with van der Waals surface area (Å²) in [5, 5.41) is 13.4. The summed E-state index contributed by atoms with van der Waals surface area (Å²) in [6, 6.07) is 2.60. The van der Waals surface area contributed by atoms with E-state index in [9.17, 15) is 14.9 Å². The van der Waals surface area contributed by atoms with Gasteiger partial charge in [0.25, 0.3) is 11.6 Å². The smallest absolute Gasteiger partial charge is 0.296 e. The van der Waals surface area contributed by atoms with Gasteiger partial charge in [0.1, 0.15) is 12.3 Å². The summed E-state index contributed by atoms with van der Waals surface area (Å²) in [4.78, 5) is 22.0. The van der Waals surface area contributed by atoms with Gasteiger partial charge >= 0.3 is 0 Å². The Morgan fingerprint density at radius 3 is 2.80 bits per heavy atom. The third kappa shape index (κ3) is 3.15. The van der Waals surface area contributed by atoms with Gasteiger partial charge < -0.3 is 19.5 Å². The van der Waals surface area contributed by atoms with E-state index < -0.39 is 10.8 Å². The number of fused-ring (bicyclic) bond motifs is 1. The number of hydrogen-bond acceptors (Lipinski definition) is 6. The van der Waals surface area contributed by atoms with Crippen LogP contribution in [0, 0.1) is 10.1 Å². The maximum Gasteiger partial charge on any atom is 0.296 e. The highest BCUT2D eigenvalue weighted by Crippen LogP contribution is 2.40. The average molecular weight is 282 g/mol. The molecule has 0 aromatic heterocycles. The van der Waals surface area contributed by atoms with E-state index in [2.05, 4.69) is 5.32 Å². The zero-order valence-corrected chi connectivity index (χ0v) is 10.9. The molecule has 2 rings (SSSR count). The van der Waals surface area contributed by atoms with Crippen molar-refractivity contribution in [3.63, 3.8) is 0 Å². The average Bonchev–Trinajstić information content (AvgIpc) is 2.85. The number of rotatable bonds is 6. The van der Waals surface area contributed by atoms with Crippen LogP contribution in [-0.2, 0) is 9.53 Å². The summed E-state index contributed by atoms with van der Waals surface area (Å²) in [5.74, 6) is 0.192. The van der Waals surface area contributed by atoms with Crippen molar-refractivity contribution in [2.45, 2.75) is 13.3 Å². The minimum atomic E-state index is -0.593. The molecule has 1 N–H and O–H groups in total. The highest BCUT2D eigenvalue weighted by atomic mass is 16.7. The second kappa shape index (κ2) is 6.20. The molecule has 8 nitrogen and oxygen atoms in total. The van der Waals surface area contributed by atoms with Crippen molar-refractivity contribution in [3.05, 3.63) is 22.2 Å². The van der Waals surface area contributed by atoms with Crippen molar-refractivity contribution < 1.29 is 23.9 Å². The Bertz CT molecular complexity index is 531. The highest BCUT2D eigenvalue weighted by molar-refractivity contribution is 5.94. The normalized spacial score (nSPS) is 12.2. The molecule has 1 aromatic carbocycles. The first-order valence-electron chi connectivity index (χ1n) is 6.07. The van der Waals surface area contributed by atoms with Gasteiger partial charge in [-0.15, -0.1) is 0 Å². The molecule has 0 aliphatic carbocycles. The third-order valence-electron chi connectivity index (χ3n) is 2.54. The fraction of sp³-hybridized carbons (Fsp3) is 0.417. The van der Waals surface area contributed by atoms with Crippen LogP contribution in [-0.4, -0.2) is 30.8 Å². The monoisotopic (exact) mass is 282 g/mol. The van der Waals surface area contributed by atoms with Crippen LogP contribution in [0.2, 0.25) is 0 Å². The van der Waals surface area contributed by atoms with Gasteiger partial charge in [-0.05, 0) is 6.42 Å². The summed E-state index contributed by atoms with van der Waals surface area (Å²) in [6.07, 6.45) is 0.789. The first-order chi connectivity index (χ1) is 9.61. The summed E-state index contributed by atoms with van der Waals surface area (Å²) in [5.41, 5.74) is -0.192. The predicted molar refractivity (Wildman–Crippen MR) is 69.0 cm³/mol. The molecule has 0 radical (unpaired) electrons. The van der Waals surface area contributed by atoms with Crippen molar-refractivity contribution in [1.82, 2.24) is 0 Å². The topological polar surface area (TPSA) is 99.9 Å². The van der Waals surface area contributed by atoms with Crippen molar-refractivity contribution in [1.29, 1.82) is 0 Å². The minimum absolute atomic E-state index is 0.00347. The number of amides is 1. The lowest BCUT2D eigenvalue weighted by atomic mass is 10.2. The second-order valence-corrected chi connectivity index (χ2v) is 4.08. The van der Waals surface area contributed by atoms with E-state index in [1.54, 1.807) is 0 Å². The van der Waals surface area contributed by atoms with Crippen LogP contribution in [0.15, 0.2) is 12.1 Å². The number of nitro benzene ring substituents is 1. The quantitative estimate of drug-likeness (QED) is 0.484. The second-order valence-electron chi connectivity index (χ2n) is 4.08. The molecular formula is C12H14N2O6. The zero-order chi connectivity index (χ0) is 14.5. The number of carbonyl (C=O) groups excluding carboxylic acids is 1. The number of anilines is 1. The molecule has 8 heteroatoms. The van der Waals surface area contributed by atoms with Crippen LogP contribution in [0.4, 0.5) is 11.4 Å². The Kier molecular flexibility index (Phi) is 4.36. The number of carbonyl (C=O) groups is 1. The van der Waals surface area contributed by atoms with Crippen LogP contribution in [0.25, 0.3) is 0 Å². The largest absolute Gasteiger partial charge is 0.454 e. The molecule has 0 saturated heterocycles. The van der Waals surface area contributed by atoms with Crippen molar-refractivity contribution in [3.8, 4) is 11.5 Å². The van der Waals surface area contributed by atoms with Gasteiger partial charge in [0.15, 0.2) is 11.5 Å². The van der Waals surface area contributed by atoms with Crippen LogP contribution >= 0.6 is 0 Å². The first kappa shape index (κ1) is 14.1. The van der Waals surface area contributed by atoms with Crippen LogP contribution in [0.1, 0.15) is 13.3 Å². The molecule has 1 amide bonds. The number of nitrogens with one attached hydrogen (secondary N) is 1. The predicted octanol–water partition coefficient (Wildman–Crippen LogP) is 1.69. The van der Waals surface area contributed by atoms with Crippen LogP contribution in [0.5, 0.6) is 11.5 Å². The number of nitro groups is 1. The number of ether oxygens (including phenoxy) is 3. The first-order valence-corrected chi connectivity index (χ1v) is 6.07. The van der Waals surface area contributed by atoms with E-state index >= 15 is 0 Å². The molecule has 0 bridgehead atoms. The molecule has 0 fully saturated rings. The zero-order valence-electron chi connectivity index (χ0n) is 10.9. The Labute approximate surface area is 114 Å². The van der Waals surface area contributed by atoms with E-state index in [0.29, 0.717) is 12.4 Å². The van der Waals surface area contributed by atoms with Gasteiger partial charge in [-0.2, -0.15) is 0 Å². The van der Waals surface area contributed by atoms with E-state index in [-0.39, 0.29) is 30.5 Å². The van der Waals surface area contributed by atoms with Crippen LogP contribution in [0.3, 0.4) is 0 Å². The molecular weight excluding hydrogens is 268 g/mol. The van der Waals surface area contributed by atoms with Gasteiger partial charge in [0, 0.05) is 12.7 Å². The lowest BCUT2D eigenvalue weighted by molar-refractivity contribution is -0.384. The van der Waals surface area contributed by atoms with Gasteiger partial charge in [0.2, 0.25) is 6.79 Å². The molecule has 1 aliphatic heterocycles. The van der Waals surface area contributed by atoms with E-state index in [1.807, 2.05) is 6.92 Å². The third-order valence-corrected chi connectivity index (χ3v) is 2.54. The van der Waals surface area contributed by atoms with Gasteiger partial charge in [-0.1, -0.05) is 6.92 Å². The maximum absolute atomic E-state index is 11.6. The summed E-state index contributed by atoms with van der Waals surface area (Å²) in [7, 11) is 0. The molecule has 1 aromatic rings. The Morgan fingerprint density at radius 1 is 1.45 bits per heavy atom. The summed E-state index contributed by atoms with van der Waals surface area (Å²) in [6.45, 7) is 2.22. The Hall–Kier alpha value is -2.35. The van der Waals surface area contributed by atoms with Crippen molar-refractivity contribution in [2.75, 3.05) is 25.3 Å². The number of benzene rings is 1. The van der Waals surface area contributed by atoms with E-state index in [0.717, 1.165) is 6.42 Å². The van der Waals surface area contributed by atoms with Gasteiger partial charge in [-0.3, -0.25) is 14.9 Å². The SMILES string of the molecule is CCCOCC(=O)Nc1cc2c(cc1[N+](=O)[O-])OCO2. The Morgan fingerprint density at radius 2 is 2.15 bits per heavy atom. The number of hydrogen-bond donors (Lipinski definition) is 1. The minimum Gasteiger partial charge on any atom is -0.454 e. The molecule has 1 heterocycles. The molecule has 0 atom stereocenters. The van der Waals surface area contributed by atoms with Gasteiger partial charge in [-0.25, -0.2) is 0 Å². The molecule has 1 aliphatic rings. The van der Waals surface area contributed by atoms with Crippen molar-refractivity contribution >= 4 is 17.3 Å². The standard InChI is InChI=1S/C12H14N2O6/c1-2-3-18-6-12(15)13-8-4-10-11(20-7-19-10)5-9(8)14(16)17/h4-5H,2-3,6-7H2,1H3,(H,13,15). The molecule has 0 spiro atoms.